The monoisotopic (exact) mass is 472 g/mol. The molecule has 2 amide bonds. The number of unbranched alkanes of at least 4 members (excludes halogenated alkanes) is 1. The second-order valence-electron chi connectivity index (χ2n) is 12.4. The third kappa shape index (κ3) is 8.26. The van der Waals surface area contributed by atoms with E-state index in [9.17, 15) is 9.59 Å². The summed E-state index contributed by atoms with van der Waals surface area (Å²) < 4.78 is 0. The highest BCUT2D eigenvalue weighted by molar-refractivity contribution is 5.77. The van der Waals surface area contributed by atoms with Gasteiger partial charge in [0.2, 0.25) is 11.8 Å². The normalized spacial score (nSPS) is 31.6. The molecule has 4 rings (SSSR count). The number of rotatable bonds is 9. The topological polar surface area (TPSA) is 58.2 Å². The molecular formula is C30H52N2O2. The van der Waals surface area contributed by atoms with Gasteiger partial charge in [0.1, 0.15) is 0 Å². The lowest BCUT2D eigenvalue weighted by Crippen LogP contribution is -2.39. The minimum atomic E-state index is 0.197. The Balaban J connectivity index is 1.01. The van der Waals surface area contributed by atoms with E-state index in [2.05, 4.69) is 10.6 Å². The number of carbonyl (C=O) groups is 2. The van der Waals surface area contributed by atoms with Crippen molar-refractivity contribution in [3.8, 4) is 0 Å². The van der Waals surface area contributed by atoms with Gasteiger partial charge in [-0.1, -0.05) is 64.2 Å². The Morgan fingerprint density at radius 2 is 0.765 bits per heavy atom. The van der Waals surface area contributed by atoms with Crippen molar-refractivity contribution in [1.29, 1.82) is 0 Å². The van der Waals surface area contributed by atoms with Gasteiger partial charge in [-0.25, -0.2) is 0 Å². The van der Waals surface area contributed by atoms with Gasteiger partial charge >= 0.3 is 0 Å². The fourth-order valence-electron chi connectivity index (χ4n) is 7.85. The molecule has 4 nitrogen and oxygen atoms in total. The molecule has 34 heavy (non-hydrogen) atoms. The van der Waals surface area contributed by atoms with Crippen LogP contribution in [-0.4, -0.2) is 23.9 Å². The van der Waals surface area contributed by atoms with Gasteiger partial charge in [0.15, 0.2) is 0 Å². The van der Waals surface area contributed by atoms with Gasteiger partial charge in [-0.05, 0) is 87.9 Å². The fraction of sp³-hybridized carbons (Fsp3) is 0.933. The number of hydrogen-bond donors (Lipinski definition) is 2. The van der Waals surface area contributed by atoms with Crippen molar-refractivity contribution in [2.45, 2.75) is 153 Å². The Bertz CT molecular complexity index is 553. The zero-order valence-corrected chi connectivity index (χ0v) is 21.8. The summed E-state index contributed by atoms with van der Waals surface area (Å²) >= 11 is 0. The van der Waals surface area contributed by atoms with Crippen LogP contribution in [0.25, 0.3) is 0 Å². The van der Waals surface area contributed by atoms with E-state index in [1.807, 2.05) is 0 Å². The van der Waals surface area contributed by atoms with Gasteiger partial charge in [-0.2, -0.15) is 0 Å². The zero-order valence-electron chi connectivity index (χ0n) is 21.8. The van der Waals surface area contributed by atoms with Gasteiger partial charge in [0, 0.05) is 24.9 Å². The van der Waals surface area contributed by atoms with Crippen molar-refractivity contribution in [2.75, 3.05) is 0 Å². The predicted molar refractivity (Wildman–Crippen MR) is 139 cm³/mol. The van der Waals surface area contributed by atoms with Gasteiger partial charge in [0.05, 0.1) is 0 Å². The number of amides is 2. The van der Waals surface area contributed by atoms with Crippen LogP contribution >= 0.6 is 0 Å². The molecule has 194 valence electrons. The lowest BCUT2D eigenvalue weighted by Gasteiger charge is -2.36. The van der Waals surface area contributed by atoms with Gasteiger partial charge < -0.3 is 10.6 Å². The summed E-state index contributed by atoms with van der Waals surface area (Å²) in [7, 11) is 0. The van der Waals surface area contributed by atoms with Crippen LogP contribution in [0.3, 0.4) is 0 Å². The van der Waals surface area contributed by atoms with Gasteiger partial charge in [0.25, 0.3) is 0 Å². The highest BCUT2D eigenvalue weighted by Gasteiger charge is 2.30. The molecule has 0 radical (unpaired) electrons. The Labute approximate surface area is 209 Å². The number of carbonyl (C=O) groups excluding carboxylic acids is 2. The Morgan fingerprint density at radius 1 is 0.441 bits per heavy atom. The summed E-state index contributed by atoms with van der Waals surface area (Å²) in [6.45, 7) is 0. The summed E-state index contributed by atoms with van der Waals surface area (Å²) in [4.78, 5) is 24.8. The standard InChI is InChI=1S/C30H52N2O2/c33-29(31-27-19-15-25(16-20-27)23-9-3-1-4-10-23)13-7-8-14-30(34)32-28-21-17-26(18-22-28)24-11-5-2-6-12-24/h23-28H,1-22H2,(H,31,33)(H,32,34). The minimum absolute atomic E-state index is 0.197. The molecule has 0 heterocycles. The van der Waals surface area contributed by atoms with Crippen LogP contribution in [-0.2, 0) is 9.59 Å². The Morgan fingerprint density at radius 3 is 1.12 bits per heavy atom. The molecule has 0 unspecified atom stereocenters. The largest absolute Gasteiger partial charge is 0.353 e. The zero-order chi connectivity index (χ0) is 23.6. The van der Waals surface area contributed by atoms with Crippen LogP contribution < -0.4 is 10.6 Å². The summed E-state index contributed by atoms with van der Waals surface area (Å²) in [5.74, 6) is 4.14. The number of hydrogen-bond acceptors (Lipinski definition) is 2. The lowest BCUT2D eigenvalue weighted by molar-refractivity contribution is -0.124. The average molecular weight is 473 g/mol. The van der Waals surface area contributed by atoms with Crippen molar-refractivity contribution in [3.05, 3.63) is 0 Å². The highest BCUT2D eigenvalue weighted by atomic mass is 16.2. The molecule has 0 bridgehead atoms. The van der Waals surface area contributed by atoms with Gasteiger partial charge in [-0.3, -0.25) is 9.59 Å². The van der Waals surface area contributed by atoms with Crippen molar-refractivity contribution in [3.63, 3.8) is 0 Å². The molecule has 0 aromatic rings. The highest BCUT2D eigenvalue weighted by Crippen LogP contribution is 2.39. The number of nitrogens with one attached hydrogen (secondary N) is 2. The predicted octanol–water partition coefficient (Wildman–Crippen LogP) is 7.06. The molecule has 4 aliphatic rings. The Hall–Kier alpha value is -1.06. The fourth-order valence-corrected chi connectivity index (χ4v) is 7.85. The molecule has 0 aromatic heterocycles. The first-order valence-corrected chi connectivity index (χ1v) is 15.3. The van der Waals surface area contributed by atoms with Crippen molar-refractivity contribution >= 4 is 11.8 Å². The molecule has 4 aliphatic carbocycles. The van der Waals surface area contributed by atoms with E-state index in [0.717, 1.165) is 62.2 Å². The maximum atomic E-state index is 12.4. The summed E-state index contributed by atoms with van der Waals surface area (Å²) in [5, 5.41) is 6.58. The first kappa shape index (κ1) is 26.0. The van der Waals surface area contributed by atoms with E-state index in [4.69, 9.17) is 0 Å². The third-order valence-electron chi connectivity index (χ3n) is 9.96. The third-order valence-corrected chi connectivity index (χ3v) is 9.96. The van der Waals surface area contributed by atoms with Crippen LogP contribution in [0.15, 0.2) is 0 Å². The molecule has 0 saturated heterocycles. The van der Waals surface area contributed by atoms with Crippen LogP contribution in [0, 0.1) is 23.7 Å². The molecule has 0 aromatic carbocycles. The molecule has 4 heteroatoms. The summed E-state index contributed by atoms with van der Waals surface area (Å²) in [5.41, 5.74) is 0. The van der Waals surface area contributed by atoms with E-state index in [-0.39, 0.29) is 11.8 Å². The van der Waals surface area contributed by atoms with Crippen molar-refractivity contribution in [1.82, 2.24) is 10.6 Å². The summed E-state index contributed by atoms with van der Waals surface area (Å²) in [6.07, 6.45) is 27.0. The summed E-state index contributed by atoms with van der Waals surface area (Å²) in [6, 6.07) is 0.777. The quantitative estimate of drug-likeness (QED) is 0.353. The van der Waals surface area contributed by atoms with Crippen LogP contribution in [0.4, 0.5) is 0 Å². The van der Waals surface area contributed by atoms with E-state index in [0.29, 0.717) is 24.9 Å². The Kier molecular flexibility index (Phi) is 10.6. The second-order valence-corrected chi connectivity index (χ2v) is 12.4. The molecule has 0 aliphatic heterocycles. The average Bonchev–Trinajstić information content (AvgIpc) is 2.89. The maximum absolute atomic E-state index is 12.4. The maximum Gasteiger partial charge on any atom is 0.220 e. The molecule has 4 fully saturated rings. The van der Waals surface area contributed by atoms with Gasteiger partial charge in [-0.15, -0.1) is 0 Å². The van der Waals surface area contributed by atoms with Crippen molar-refractivity contribution < 1.29 is 9.59 Å². The van der Waals surface area contributed by atoms with Crippen LogP contribution in [0.2, 0.25) is 0 Å². The van der Waals surface area contributed by atoms with E-state index < -0.39 is 0 Å². The van der Waals surface area contributed by atoms with Crippen LogP contribution in [0.1, 0.15) is 141 Å². The second kappa shape index (κ2) is 13.9. The van der Waals surface area contributed by atoms with E-state index >= 15 is 0 Å². The molecule has 4 saturated carbocycles. The SMILES string of the molecule is O=C(CCCCC(=O)NC1CCC(C2CCCCC2)CC1)NC1CCC(C2CCCCC2)CC1. The molecule has 2 N–H and O–H groups in total. The van der Waals surface area contributed by atoms with E-state index in [1.54, 1.807) is 0 Å². The first-order chi connectivity index (χ1) is 16.7. The lowest BCUT2D eigenvalue weighted by atomic mass is 9.72. The molecular weight excluding hydrogens is 420 g/mol. The van der Waals surface area contributed by atoms with Crippen LogP contribution in [0.5, 0.6) is 0 Å². The van der Waals surface area contributed by atoms with E-state index in [1.165, 1.54) is 89.9 Å². The minimum Gasteiger partial charge on any atom is -0.353 e. The smallest absolute Gasteiger partial charge is 0.220 e. The molecule has 0 atom stereocenters. The molecule has 0 spiro atoms. The van der Waals surface area contributed by atoms with Crippen molar-refractivity contribution in [2.24, 2.45) is 23.7 Å². The first-order valence-electron chi connectivity index (χ1n) is 15.3.